The molecule has 5 heteroatoms. The van der Waals surface area contributed by atoms with Crippen molar-refractivity contribution in [1.82, 2.24) is 5.32 Å². The van der Waals surface area contributed by atoms with Crippen LogP contribution in [0.5, 0.6) is 11.5 Å². The zero-order valence-corrected chi connectivity index (χ0v) is 10.7. The maximum absolute atomic E-state index is 5.64. The molecule has 1 N–H and O–H groups in total. The normalized spacial score (nSPS) is 19.2. The molecule has 0 spiro atoms. The van der Waals surface area contributed by atoms with E-state index in [0.717, 1.165) is 31.2 Å². The van der Waals surface area contributed by atoms with Crippen molar-refractivity contribution in [1.29, 1.82) is 0 Å². The van der Waals surface area contributed by atoms with Crippen molar-refractivity contribution in [3.63, 3.8) is 0 Å². The molecule has 1 aromatic rings. The van der Waals surface area contributed by atoms with E-state index in [2.05, 4.69) is 5.32 Å². The zero-order chi connectivity index (χ0) is 11.2. The lowest BCUT2D eigenvalue weighted by Gasteiger charge is -2.23. The summed E-state index contributed by atoms with van der Waals surface area (Å²) in [6.45, 7) is 3.10. The van der Waals surface area contributed by atoms with E-state index >= 15 is 0 Å². The van der Waals surface area contributed by atoms with Gasteiger partial charge in [-0.3, -0.25) is 0 Å². The number of nitrogens with one attached hydrogen (secondary N) is 1. The molecule has 0 radical (unpaired) electrons. The topological polar surface area (TPSA) is 39.7 Å². The van der Waals surface area contributed by atoms with Crippen LogP contribution in [0.15, 0.2) is 24.3 Å². The molecule has 1 atom stereocenters. The smallest absolute Gasteiger partial charge is 0.123 e. The Hall–Kier alpha value is -0.970. The number of halogens is 1. The zero-order valence-electron chi connectivity index (χ0n) is 9.85. The molecule has 17 heavy (non-hydrogen) atoms. The Kier molecular flexibility index (Phi) is 6.11. The van der Waals surface area contributed by atoms with Gasteiger partial charge in [-0.25, -0.2) is 0 Å². The summed E-state index contributed by atoms with van der Waals surface area (Å²) in [5, 5.41) is 3.26. The number of morpholine rings is 1. The van der Waals surface area contributed by atoms with Gasteiger partial charge in [0, 0.05) is 19.2 Å². The van der Waals surface area contributed by atoms with Crippen LogP contribution in [0.2, 0.25) is 0 Å². The molecular weight excluding hydrogens is 242 g/mol. The molecule has 0 bridgehead atoms. The van der Waals surface area contributed by atoms with E-state index in [1.165, 1.54) is 0 Å². The molecule has 2 rings (SSSR count). The molecule has 1 aromatic carbocycles. The van der Waals surface area contributed by atoms with E-state index in [0.29, 0.717) is 6.61 Å². The molecule has 0 aliphatic carbocycles. The van der Waals surface area contributed by atoms with E-state index in [1.807, 2.05) is 24.3 Å². The first-order chi connectivity index (χ1) is 7.88. The lowest BCUT2D eigenvalue weighted by Crippen LogP contribution is -2.41. The van der Waals surface area contributed by atoms with Crippen molar-refractivity contribution in [2.45, 2.75) is 6.10 Å². The fourth-order valence-corrected chi connectivity index (χ4v) is 1.61. The van der Waals surface area contributed by atoms with Crippen LogP contribution in [-0.4, -0.2) is 39.5 Å². The van der Waals surface area contributed by atoms with Gasteiger partial charge in [0.2, 0.25) is 0 Å². The fraction of sp³-hybridized carbons (Fsp3) is 0.500. The molecule has 1 heterocycles. The lowest BCUT2D eigenvalue weighted by molar-refractivity contribution is 0.000159. The maximum atomic E-state index is 5.64. The van der Waals surface area contributed by atoms with Crippen LogP contribution in [0.25, 0.3) is 0 Å². The maximum Gasteiger partial charge on any atom is 0.123 e. The van der Waals surface area contributed by atoms with Gasteiger partial charge >= 0.3 is 0 Å². The van der Waals surface area contributed by atoms with Crippen LogP contribution >= 0.6 is 12.4 Å². The van der Waals surface area contributed by atoms with Crippen LogP contribution in [-0.2, 0) is 4.74 Å². The minimum atomic E-state index is 0. The Morgan fingerprint density at radius 2 is 2.24 bits per heavy atom. The fourth-order valence-electron chi connectivity index (χ4n) is 1.61. The standard InChI is InChI=1S/C12H17NO3.ClH/c1-14-10-3-2-4-11(7-10)16-9-12-8-13-5-6-15-12;/h2-4,7,12-13H,5-6,8-9H2,1H3;1H/t12-;/m1./s1. The summed E-state index contributed by atoms with van der Waals surface area (Å²) in [6, 6.07) is 7.59. The van der Waals surface area contributed by atoms with Crippen molar-refractivity contribution < 1.29 is 14.2 Å². The first kappa shape index (κ1) is 14.1. The number of hydrogen-bond acceptors (Lipinski definition) is 4. The summed E-state index contributed by atoms with van der Waals surface area (Å²) in [5.74, 6) is 1.62. The van der Waals surface area contributed by atoms with E-state index in [9.17, 15) is 0 Å². The predicted molar refractivity (Wildman–Crippen MR) is 68.3 cm³/mol. The van der Waals surface area contributed by atoms with E-state index in [-0.39, 0.29) is 18.5 Å². The molecule has 1 fully saturated rings. The van der Waals surface area contributed by atoms with Gasteiger partial charge in [0.05, 0.1) is 13.7 Å². The minimum Gasteiger partial charge on any atom is -0.497 e. The van der Waals surface area contributed by atoms with Crippen LogP contribution in [0.3, 0.4) is 0 Å². The van der Waals surface area contributed by atoms with Gasteiger partial charge in [0.15, 0.2) is 0 Å². The van der Waals surface area contributed by atoms with Gasteiger partial charge in [0.1, 0.15) is 24.2 Å². The second kappa shape index (κ2) is 7.37. The van der Waals surface area contributed by atoms with Crippen molar-refractivity contribution in [2.24, 2.45) is 0 Å². The number of benzene rings is 1. The van der Waals surface area contributed by atoms with Crippen LogP contribution in [0.4, 0.5) is 0 Å². The highest BCUT2D eigenvalue weighted by molar-refractivity contribution is 5.85. The summed E-state index contributed by atoms with van der Waals surface area (Å²) in [6.07, 6.45) is 0.139. The first-order valence-electron chi connectivity index (χ1n) is 5.47. The SMILES string of the molecule is COc1cccc(OC[C@H]2CNCCO2)c1.Cl. The third-order valence-electron chi connectivity index (χ3n) is 2.48. The van der Waals surface area contributed by atoms with Gasteiger partial charge in [-0.1, -0.05) is 6.07 Å². The Balaban J connectivity index is 0.00000144. The minimum absolute atomic E-state index is 0. The molecule has 0 unspecified atom stereocenters. The summed E-state index contributed by atoms with van der Waals surface area (Å²) >= 11 is 0. The Morgan fingerprint density at radius 3 is 2.94 bits per heavy atom. The van der Waals surface area contributed by atoms with E-state index in [1.54, 1.807) is 7.11 Å². The molecule has 0 aromatic heterocycles. The van der Waals surface area contributed by atoms with Gasteiger partial charge < -0.3 is 19.5 Å². The summed E-state index contributed by atoms with van der Waals surface area (Å²) in [4.78, 5) is 0. The second-order valence-corrected chi connectivity index (χ2v) is 3.69. The highest BCUT2D eigenvalue weighted by Gasteiger charge is 2.13. The van der Waals surface area contributed by atoms with Gasteiger partial charge in [-0.15, -0.1) is 12.4 Å². The summed E-state index contributed by atoms with van der Waals surface area (Å²) < 4.78 is 16.3. The molecule has 96 valence electrons. The van der Waals surface area contributed by atoms with E-state index in [4.69, 9.17) is 14.2 Å². The number of rotatable bonds is 4. The first-order valence-corrected chi connectivity index (χ1v) is 5.47. The largest absolute Gasteiger partial charge is 0.497 e. The molecule has 1 aliphatic rings. The molecule has 1 aliphatic heterocycles. The lowest BCUT2D eigenvalue weighted by atomic mass is 10.3. The molecule has 0 saturated carbocycles. The third-order valence-corrected chi connectivity index (χ3v) is 2.48. The summed E-state index contributed by atoms with van der Waals surface area (Å²) in [7, 11) is 1.65. The monoisotopic (exact) mass is 259 g/mol. The molecule has 4 nitrogen and oxygen atoms in total. The van der Waals surface area contributed by atoms with Crippen molar-refractivity contribution in [3.8, 4) is 11.5 Å². The van der Waals surface area contributed by atoms with E-state index < -0.39 is 0 Å². The highest BCUT2D eigenvalue weighted by Crippen LogP contribution is 2.19. The molecule has 0 amide bonds. The van der Waals surface area contributed by atoms with Gasteiger partial charge in [-0.2, -0.15) is 0 Å². The average Bonchev–Trinajstić information content (AvgIpc) is 2.38. The highest BCUT2D eigenvalue weighted by atomic mass is 35.5. The third kappa shape index (κ3) is 4.42. The number of hydrogen-bond donors (Lipinski definition) is 1. The number of ether oxygens (including phenoxy) is 3. The quantitative estimate of drug-likeness (QED) is 0.889. The second-order valence-electron chi connectivity index (χ2n) is 3.69. The Morgan fingerprint density at radius 1 is 1.41 bits per heavy atom. The van der Waals surface area contributed by atoms with Crippen LogP contribution < -0.4 is 14.8 Å². The molecule has 1 saturated heterocycles. The van der Waals surface area contributed by atoms with Crippen LogP contribution in [0.1, 0.15) is 0 Å². The van der Waals surface area contributed by atoms with Crippen LogP contribution in [0, 0.1) is 0 Å². The van der Waals surface area contributed by atoms with Gasteiger partial charge in [-0.05, 0) is 12.1 Å². The predicted octanol–water partition coefficient (Wildman–Crippen LogP) is 1.48. The average molecular weight is 260 g/mol. The van der Waals surface area contributed by atoms with Gasteiger partial charge in [0.25, 0.3) is 0 Å². The molecular formula is C12H18ClNO3. The Labute approximate surface area is 108 Å². The Bertz CT molecular complexity index is 329. The van der Waals surface area contributed by atoms with Crippen molar-refractivity contribution >= 4 is 12.4 Å². The van der Waals surface area contributed by atoms with Crippen molar-refractivity contribution in [3.05, 3.63) is 24.3 Å². The van der Waals surface area contributed by atoms with Crippen molar-refractivity contribution in [2.75, 3.05) is 33.4 Å². The number of methoxy groups -OCH3 is 1. The summed E-state index contributed by atoms with van der Waals surface area (Å²) in [5.41, 5.74) is 0.